The van der Waals surface area contributed by atoms with E-state index in [2.05, 4.69) is 12.2 Å². The molecule has 0 aromatic rings. The van der Waals surface area contributed by atoms with Gasteiger partial charge in [-0.15, -0.1) is 0 Å². The summed E-state index contributed by atoms with van der Waals surface area (Å²) in [5.41, 5.74) is 0. The summed E-state index contributed by atoms with van der Waals surface area (Å²) < 4.78 is 0. The molecule has 0 spiro atoms. The second-order valence-corrected chi connectivity index (χ2v) is 6.01. The van der Waals surface area contributed by atoms with Gasteiger partial charge in [0.2, 0.25) is 0 Å². The number of carbonyl (C=O) groups excluding carboxylic acids is 1. The normalized spacial score (nSPS) is 19.1. The summed E-state index contributed by atoms with van der Waals surface area (Å²) in [5, 5.41) is 11.5. The first kappa shape index (κ1) is 17.8. The number of carbonyl (C=O) groups is 2. The van der Waals surface area contributed by atoms with Gasteiger partial charge in [0.25, 0.3) is 0 Å². The van der Waals surface area contributed by atoms with E-state index in [1.165, 1.54) is 19.3 Å². The molecule has 0 aromatic carbocycles. The zero-order chi connectivity index (χ0) is 15.5. The zero-order valence-electron chi connectivity index (χ0n) is 13.3. The fourth-order valence-corrected chi connectivity index (χ4v) is 2.95. The third-order valence-corrected chi connectivity index (χ3v) is 4.18. The average Bonchev–Trinajstić information content (AvgIpc) is 2.68. The highest BCUT2D eigenvalue weighted by Gasteiger charge is 2.19. The molecule has 0 saturated carbocycles. The average molecular weight is 298 g/mol. The highest BCUT2D eigenvalue weighted by molar-refractivity contribution is 5.74. The van der Waals surface area contributed by atoms with Crippen LogP contribution in [0.1, 0.15) is 64.7 Å². The molecule has 1 aliphatic heterocycles. The van der Waals surface area contributed by atoms with Crippen molar-refractivity contribution in [2.24, 2.45) is 5.92 Å². The Morgan fingerprint density at radius 3 is 2.71 bits per heavy atom. The summed E-state index contributed by atoms with van der Waals surface area (Å²) >= 11 is 0. The summed E-state index contributed by atoms with van der Waals surface area (Å²) in [6.07, 6.45) is 8.60. The maximum absolute atomic E-state index is 12.1. The lowest BCUT2D eigenvalue weighted by atomic mass is 9.96. The lowest BCUT2D eigenvalue weighted by molar-refractivity contribution is -0.137. The molecule has 2 N–H and O–H groups in total. The molecular weight excluding hydrogens is 268 g/mol. The van der Waals surface area contributed by atoms with E-state index in [9.17, 15) is 9.59 Å². The number of carboxylic acids is 1. The number of hydrogen-bond donors (Lipinski definition) is 2. The summed E-state index contributed by atoms with van der Waals surface area (Å²) in [7, 11) is 0. The van der Waals surface area contributed by atoms with Crippen LogP contribution in [0.5, 0.6) is 0 Å². The van der Waals surface area contributed by atoms with Crippen molar-refractivity contribution in [1.29, 1.82) is 0 Å². The van der Waals surface area contributed by atoms with Gasteiger partial charge in [-0.05, 0) is 38.0 Å². The van der Waals surface area contributed by atoms with Gasteiger partial charge in [0.1, 0.15) is 0 Å². The number of hydrogen-bond acceptors (Lipinski definition) is 2. The molecule has 5 nitrogen and oxygen atoms in total. The third-order valence-electron chi connectivity index (χ3n) is 4.18. The molecule has 1 unspecified atom stereocenters. The van der Waals surface area contributed by atoms with Crippen molar-refractivity contribution >= 4 is 12.0 Å². The summed E-state index contributed by atoms with van der Waals surface area (Å²) in [6, 6.07) is 0.0467. The van der Waals surface area contributed by atoms with Crippen molar-refractivity contribution < 1.29 is 14.7 Å². The maximum Gasteiger partial charge on any atom is 0.317 e. The van der Waals surface area contributed by atoms with Crippen molar-refractivity contribution in [3.63, 3.8) is 0 Å². The highest BCUT2D eigenvalue weighted by atomic mass is 16.4. The van der Waals surface area contributed by atoms with E-state index >= 15 is 0 Å². The van der Waals surface area contributed by atoms with Crippen molar-refractivity contribution in [1.82, 2.24) is 10.2 Å². The van der Waals surface area contributed by atoms with Gasteiger partial charge in [-0.25, -0.2) is 4.79 Å². The number of amides is 2. The Balaban J connectivity index is 2.12. The van der Waals surface area contributed by atoms with Crippen molar-refractivity contribution in [3.05, 3.63) is 0 Å². The summed E-state index contributed by atoms with van der Waals surface area (Å²) in [6.45, 7) is 4.60. The number of carboxylic acid groups (broad SMARTS) is 1. The van der Waals surface area contributed by atoms with Gasteiger partial charge in [0, 0.05) is 26.1 Å². The van der Waals surface area contributed by atoms with Gasteiger partial charge in [0.05, 0.1) is 0 Å². The predicted octanol–water partition coefficient (Wildman–Crippen LogP) is 3.24. The Labute approximate surface area is 128 Å². The van der Waals surface area contributed by atoms with Crippen molar-refractivity contribution in [3.8, 4) is 0 Å². The lowest BCUT2D eigenvalue weighted by Gasteiger charge is -2.21. The Morgan fingerprint density at radius 2 is 2.00 bits per heavy atom. The fraction of sp³-hybridized carbons (Fsp3) is 0.875. The SMILES string of the molecule is CCCC1CCCN(C(=O)NCCCCCC(=O)O)CC1. The molecule has 5 heteroatoms. The topological polar surface area (TPSA) is 69.6 Å². The standard InChI is InChI=1S/C16H30N2O3/c1-2-7-14-8-6-12-18(13-10-14)16(21)17-11-5-3-4-9-15(19)20/h14H,2-13H2,1H3,(H,17,21)(H,19,20). The molecule has 2 amide bonds. The molecule has 0 radical (unpaired) electrons. The molecule has 1 fully saturated rings. The molecule has 0 aromatic heterocycles. The van der Waals surface area contributed by atoms with Crippen LogP contribution in [0.25, 0.3) is 0 Å². The van der Waals surface area contributed by atoms with Crippen LogP contribution in [0.4, 0.5) is 4.79 Å². The Hall–Kier alpha value is -1.26. The minimum Gasteiger partial charge on any atom is -0.481 e. The largest absolute Gasteiger partial charge is 0.481 e. The van der Waals surface area contributed by atoms with Crippen LogP contribution in [0.3, 0.4) is 0 Å². The monoisotopic (exact) mass is 298 g/mol. The van der Waals surface area contributed by atoms with Crippen molar-refractivity contribution in [2.75, 3.05) is 19.6 Å². The third kappa shape index (κ3) is 7.93. The van der Waals surface area contributed by atoms with Crippen LogP contribution >= 0.6 is 0 Å². The van der Waals surface area contributed by atoms with Crippen LogP contribution < -0.4 is 5.32 Å². The molecule has 1 rings (SSSR count). The number of nitrogens with zero attached hydrogens (tertiary/aromatic N) is 1. The number of urea groups is 1. The molecule has 1 saturated heterocycles. The zero-order valence-corrected chi connectivity index (χ0v) is 13.3. The van der Waals surface area contributed by atoms with E-state index in [0.29, 0.717) is 13.0 Å². The summed E-state index contributed by atoms with van der Waals surface area (Å²) in [5.74, 6) is 0.0362. The van der Waals surface area contributed by atoms with Crippen LogP contribution in [-0.4, -0.2) is 41.6 Å². The second kappa shape index (κ2) is 10.5. The maximum atomic E-state index is 12.1. The molecule has 21 heavy (non-hydrogen) atoms. The minimum absolute atomic E-state index is 0.0467. The van der Waals surface area contributed by atoms with Gasteiger partial charge >= 0.3 is 12.0 Å². The fourth-order valence-electron chi connectivity index (χ4n) is 2.95. The first-order valence-electron chi connectivity index (χ1n) is 8.38. The molecule has 1 aliphatic rings. The van der Waals surface area contributed by atoms with Gasteiger partial charge in [0.15, 0.2) is 0 Å². The van der Waals surface area contributed by atoms with Crippen LogP contribution in [-0.2, 0) is 4.79 Å². The molecule has 1 atom stereocenters. The highest BCUT2D eigenvalue weighted by Crippen LogP contribution is 2.21. The Kier molecular flexibility index (Phi) is 8.87. The van der Waals surface area contributed by atoms with Gasteiger partial charge in [-0.3, -0.25) is 4.79 Å². The van der Waals surface area contributed by atoms with E-state index < -0.39 is 5.97 Å². The first-order chi connectivity index (χ1) is 10.1. The lowest BCUT2D eigenvalue weighted by Crippen LogP contribution is -2.40. The number of unbranched alkanes of at least 4 members (excludes halogenated alkanes) is 2. The Bertz CT molecular complexity index is 321. The van der Waals surface area contributed by atoms with Crippen LogP contribution in [0.15, 0.2) is 0 Å². The van der Waals surface area contributed by atoms with Gasteiger partial charge < -0.3 is 15.3 Å². The van der Waals surface area contributed by atoms with Crippen LogP contribution in [0.2, 0.25) is 0 Å². The van der Waals surface area contributed by atoms with E-state index in [-0.39, 0.29) is 12.5 Å². The number of likely N-dealkylation sites (tertiary alicyclic amines) is 1. The van der Waals surface area contributed by atoms with E-state index in [1.54, 1.807) is 0 Å². The quantitative estimate of drug-likeness (QED) is 0.676. The molecule has 0 aliphatic carbocycles. The smallest absolute Gasteiger partial charge is 0.317 e. The first-order valence-corrected chi connectivity index (χ1v) is 8.38. The van der Waals surface area contributed by atoms with Crippen molar-refractivity contribution in [2.45, 2.75) is 64.7 Å². The van der Waals surface area contributed by atoms with Gasteiger partial charge in [-0.1, -0.05) is 26.2 Å². The minimum atomic E-state index is -0.745. The molecule has 1 heterocycles. The number of aliphatic carboxylic acids is 1. The molecule has 0 bridgehead atoms. The predicted molar refractivity (Wildman–Crippen MR) is 83.3 cm³/mol. The summed E-state index contributed by atoms with van der Waals surface area (Å²) in [4.78, 5) is 24.4. The Morgan fingerprint density at radius 1 is 1.19 bits per heavy atom. The second-order valence-electron chi connectivity index (χ2n) is 6.01. The van der Waals surface area contributed by atoms with E-state index in [0.717, 1.165) is 44.7 Å². The van der Waals surface area contributed by atoms with E-state index in [4.69, 9.17) is 5.11 Å². The van der Waals surface area contributed by atoms with E-state index in [1.807, 2.05) is 4.90 Å². The van der Waals surface area contributed by atoms with Gasteiger partial charge in [-0.2, -0.15) is 0 Å². The number of nitrogens with one attached hydrogen (secondary N) is 1. The molecule has 122 valence electrons. The molecular formula is C16H30N2O3. The number of rotatable bonds is 8. The van der Waals surface area contributed by atoms with Crippen LogP contribution in [0, 0.1) is 5.92 Å².